The van der Waals surface area contributed by atoms with E-state index in [1.807, 2.05) is 26.0 Å². The third kappa shape index (κ3) is 5.36. The molecule has 1 atom stereocenters. The number of carbonyl (C=O) groups excluding carboxylic acids is 1. The van der Waals surface area contributed by atoms with Crippen LogP contribution >= 0.6 is 0 Å². The fourth-order valence-electron chi connectivity index (χ4n) is 1.73. The number of esters is 1. The third-order valence-corrected chi connectivity index (χ3v) is 2.50. The minimum absolute atomic E-state index is 0.0368. The lowest BCUT2D eigenvalue weighted by atomic mass is 10.1. The van der Waals surface area contributed by atoms with Crippen molar-refractivity contribution < 1.29 is 14.3 Å². The van der Waals surface area contributed by atoms with Gasteiger partial charge in [-0.05, 0) is 38.5 Å². The van der Waals surface area contributed by atoms with Crippen LogP contribution in [0.2, 0.25) is 0 Å². The predicted octanol–water partition coefficient (Wildman–Crippen LogP) is 1.44. The summed E-state index contributed by atoms with van der Waals surface area (Å²) >= 11 is 0. The van der Waals surface area contributed by atoms with Crippen molar-refractivity contribution in [3.63, 3.8) is 0 Å². The maximum absolute atomic E-state index is 11.9. The second kappa shape index (κ2) is 7.86. The Morgan fingerprint density at radius 2 is 2.21 bits per heavy atom. The van der Waals surface area contributed by atoms with E-state index in [-0.39, 0.29) is 12.1 Å². The number of hydrogen-bond acceptors (Lipinski definition) is 5. The first-order valence-electron chi connectivity index (χ1n) is 6.52. The first kappa shape index (κ1) is 15.6. The average Bonchev–Trinajstić information content (AvgIpc) is 2.38. The first-order valence-corrected chi connectivity index (χ1v) is 6.52. The Labute approximate surface area is 114 Å². The third-order valence-electron chi connectivity index (χ3n) is 2.50. The Balaban J connectivity index is 2.77. The Morgan fingerprint density at radius 1 is 1.47 bits per heavy atom. The zero-order valence-electron chi connectivity index (χ0n) is 11.8. The lowest BCUT2D eigenvalue weighted by Crippen LogP contribution is -2.31. The van der Waals surface area contributed by atoms with Crippen molar-refractivity contribution in [2.75, 3.05) is 6.61 Å². The zero-order valence-corrected chi connectivity index (χ0v) is 11.8. The molecule has 5 heteroatoms. The SMILES string of the molecule is CCOC(=O)C(Cc1ccnc(CN)c1)OC(C)C. The number of aromatic nitrogens is 1. The normalized spacial score (nSPS) is 12.5. The Bertz CT molecular complexity index is 407. The smallest absolute Gasteiger partial charge is 0.335 e. The van der Waals surface area contributed by atoms with Gasteiger partial charge < -0.3 is 15.2 Å². The molecule has 1 unspecified atom stereocenters. The fraction of sp³-hybridized carbons (Fsp3) is 0.571. The van der Waals surface area contributed by atoms with Crippen LogP contribution in [0.3, 0.4) is 0 Å². The fourth-order valence-corrected chi connectivity index (χ4v) is 1.73. The summed E-state index contributed by atoms with van der Waals surface area (Å²) < 4.78 is 10.6. The molecule has 0 saturated heterocycles. The molecule has 0 saturated carbocycles. The summed E-state index contributed by atoms with van der Waals surface area (Å²) in [6.07, 6.45) is 1.53. The molecule has 1 aromatic heterocycles. The van der Waals surface area contributed by atoms with Gasteiger partial charge in [0.05, 0.1) is 18.4 Å². The van der Waals surface area contributed by atoms with Gasteiger partial charge in [0, 0.05) is 19.2 Å². The zero-order chi connectivity index (χ0) is 14.3. The van der Waals surface area contributed by atoms with E-state index in [4.69, 9.17) is 15.2 Å². The van der Waals surface area contributed by atoms with Gasteiger partial charge in [0.15, 0.2) is 6.10 Å². The quantitative estimate of drug-likeness (QED) is 0.756. The summed E-state index contributed by atoms with van der Waals surface area (Å²) in [4.78, 5) is 16.0. The van der Waals surface area contributed by atoms with Crippen molar-refractivity contribution in [3.05, 3.63) is 29.6 Å². The van der Waals surface area contributed by atoms with Crippen LogP contribution in [-0.4, -0.2) is 29.8 Å². The molecule has 19 heavy (non-hydrogen) atoms. The second-order valence-electron chi connectivity index (χ2n) is 4.49. The Morgan fingerprint density at radius 3 is 2.79 bits per heavy atom. The molecule has 0 aliphatic rings. The van der Waals surface area contributed by atoms with E-state index in [1.165, 1.54) is 0 Å². The van der Waals surface area contributed by atoms with Crippen molar-refractivity contribution >= 4 is 5.97 Å². The van der Waals surface area contributed by atoms with Gasteiger partial charge in [0.2, 0.25) is 0 Å². The van der Waals surface area contributed by atoms with Crippen LogP contribution in [0.25, 0.3) is 0 Å². The maximum atomic E-state index is 11.9. The van der Waals surface area contributed by atoms with Crippen LogP contribution in [-0.2, 0) is 27.2 Å². The first-order chi connectivity index (χ1) is 9.06. The van der Waals surface area contributed by atoms with E-state index in [1.54, 1.807) is 13.1 Å². The number of carbonyl (C=O) groups is 1. The lowest BCUT2D eigenvalue weighted by molar-refractivity contribution is -0.159. The van der Waals surface area contributed by atoms with E-state index < -0.39 is 6.10 Å². The molecule has 5 nitrogen and oxygen atoms in total. The van der Waals surface area contributed by atoms with Crippen LogP contribution in [0.5, 0.6) is 0 Å². The number of nitrogens with zero attached hydrogens (tertiary/aromatic N) is 1. The van der Waals surface area contributed by atoms with Crippen molar-refractivity contribution in [2.45, 2.75) is 45.9 Å². The van der Waals surface area contributed by atoms with Gasteiger partial charge in [0.1, 0.15) is 0 Å². The second-order valence-corrected chi connectivity index (χ2v) is 4.49. The standard InChI is InChI=1S/C14H22N2O3/c1-4-18-14(17)13(19-10(2)3)8-11-5-6-16-12(7-11)9-15/h5-7,10,13H,4,8-9,15H2,1-3H3. The molecule has 2 N–H and O–H groups in total. The molecule has 0 aromatic carbocycles. The molecule has 0 radical (unpaired) electrons. The van der Waals surface area contributed by atoms with Gasteiger partial charge in [-0.25, -0.2) is 4.79 Å². The summed E-state index contributed by atoms with van der Waals surface area (Å²) in [7, 11) is 0. The number of hydrogen-bond donors (Lipinski definition) is 1. The van der Waals surface area contributed by atoms with Crippen LogP contribution in [0, 0.1) is 0 Å². The van der Waals surface area contributed by atoms with E-state index in [9.17, 15) is 4.79 Å². The maximum Gasteiger partial charge on any atom is 0.335 e. The number of nitrogens with two attached hydrogens (primary N) is 1. The van der Waals surface area contributed by atoms with E-state index in [2.05, 4.69) is 4.98 Å². The molecule has 1 rings (SSSR count). The summed E-state index contributed by atoms with van der Waals surface area (Å²) in [6, 6.07) is 3.74. The number of pyridine rings is 1. The molecule has 0 fully saturated rings. The molecule has 106 valence electrons. The monoisotopic (exact) mass is 266 g/mol. The van der Waals surface area contributed by atoms with Gasteiger partial charge >= 0.3 is 5.97 Å². The highest BCUT2D eigenvalue weighted by atomic mass is 16.6. The summed E-state index contributed by atoms with van der Waals surface area (Å²) in [5.41, 5.74) is 7.32. The molecular weight excluding hydrogens is 244 g/mol. The minimum Gasteiger partial charge on any atom is -0.464 e. The molecule has 1 heterocycles. The topological polar surface area (TPSA) is 74.4 Å². The van der Waals surface area contributed by atoms with Crippen LogP contribution < -0.4 is 5.73 Å². The van der Waals surface area contributed by atoms with Crippen molar-refractivity contribution in [1.82, 2.24) is 4.98 Å². The molecule has 0 aliphatic carbocycles. The highest BCUT2D eigenvalue weighted by molar-refractivity contribution is 5.75. The minimum atomic E-state index is -0.590. The number of ether oxygens (including phenoxy) is 2. The molecule has 0 bridgehead atoms. The van der Waals surface area contributed by atoms with E-state index >= 15 is 0 Å². The molecule has 0 amide bonds. The van der Waals surface area contributed by atoms with Gasteiger partial charge in [-0.15, -0.1) is 0 Å². The van der Waals surface area contributed by atoms with Gasteiger partial charge in [0.25, 0.3) is 0 Å². The van der Waals surface area contributed by atoms with Gasteiger partial charge in [-0.2, -0.15) is 0 Å². The molecular formula is C14H22N2O3. The van der Waals surface area contributed by atoms with Crippen LogP contribution in [0.15, 0.2) is 18.3 Å². The molecule has 0 spiro atoms. The van der Waals surface area contributed by atoms with Crippen LogP contribution in [0.1, 0.15) is 32.0 Å². The van der Waals surface area contributed by atoms with E-state index in [0.29, 0.717) is 19.6 Å². The summed E-state index contributed by atoms with van der Waals surface area (Å²) in [6.45, 7) is 6.29. The van der Waals surface area contributed by atoms with Crippen molar-refractivity contribution in [3.8, 4) is 0 Å². The molecule has 0 aliphatic heterocycles. The highest BCUT2D eigenvalue weighted by Gasteiger charge is 2.22. The average molecular weight is 266 g/mol. The Hall–Kier alpha value is -1.46. The largest absolute Gasteiger partial charge is 0.464 e. The van der Waals surface area contributed by atoms with Gasteiger partial charge in [-0.1, -0.05) is 0 Å². The summed E-state index contributed by atoms with van der Waals surface area (Å²) in [5.74, 6) is -0.331. The van der Waals surface area contributed by atoms with Gasteiger partial charge in [-0.3, -0.25) is 4.98 Å². The highest BCUT2D eigenvalue weighted by Crippen LogP contribution is 2.11. The van der Waals surface area contributed by atoms with E-state index in [0.717, 1.165) is 11.3 Å². The summed E-state index contributed by atoms with van der Waals surface area (Å²) in [5, 5.41) is 0. The molecule has 1 aromatic rings. The number of rotatable bonds is 7. The van der Waals surface area contributed by atoms with Crippen molar-refractivity contribution in [1.29, 1.82) is 0 Å². The van der Waals surface area contributed by atoms with Crippen LogP contribution in [0.4, 0.5) is 0 Å². The Kier molecular flexibility index (Phi) is 6.45. The lowest BCUT2D eigenvalue weighted by Gasteiger charge is -2.19. The van der Waals surface area contributed by atoms with Crippen molar-refractivity contribution in [2.24, 2.45) is 5.73 Å². The predicted molar refractivity (Wildman–Crippen MR) is 72.5 cm³/mol.